The highest BCUT2D eigenvalue weighted by Gasteiger charge is 2.39. The van der Waals surface area contributed by atoms with Crippen molar-refractivity contribution in [2.24, 2.45) is 0 Å². The molecule has 0 radical (unpaired) electrons. The number of furan rings is 1. The van der Waals surface area contributed by atoms with E-state index in [9.17, 15) is 0 Å². The topological polar surface area (TPSA) is 43.9 Å². The van der Waals surface area contributed by atoms with Gasteiger partial charge in [-0.15, -0.1) is 0 Å². The lowest BCUT2D eigenvalue weighted by Crippen LogP contribution is -2.15. The van der Waals surface area contributed by atoms with Crippen LogP contribution in [0.3, 0.4) is 0 Å². The number of para-hydroxylation sites is 3. The summed E-state index contributed by atoms with van der Waals surface area (Å²) in [5, 5.41) is 5.64. The molecule has 3 aromatic heterocycles. The van der Waals surface area contributed by atoms with E-state index in [0.717, 1.165) is 60.7 Å². The maximum atomic E-state index is 6.27. The van der Waals surface area contributed by atoms with Gasteiger partial charge in [0.1, 0.15) is 11.2 Å². The summed E-state index contributed by atoms with van der Waals surface area (Å²) in [6, 6.07) is 53.8. The molecule has 11 rings (SSSR count). The predicted molar refractivity (Wildman–Crippen MR) is 210 cm³/mol. The summed E-state index contributed by atoms with van der Waals surface area (Å²) in [6.07, 6.45) is 0. The van der Waals surface area contributed by atoms with Gasteiger partial charge in [0, 0.05) is 43.5 Å². The summed E-state index contributed by atoms with van der Waals surface area (Å²) in [4.78, 5) is 10.8. The fourth-order valence-electron chi connectivity index (χ4n) is 8.63. The van der Waals surface area contributed by atoms with Crippen molar-refractivity contribution in [1.82, 2.24) is 14.5 Å². The fraction of sp³-hybridized carbons (Fsp3) is 0.0638. The third-order valence-corrected chi connectivity index (χ3v) is 11.0. The molecule has 4 nitrogen and oxygen atoms in total. The molecule has 0 saturated heterocycles. The largest absolute Gasteiger partial charge is 0.456 e. The average Bonchev–Trinajstić information content (AvgIpc) is 3.80. The molecule has 1 aliphatic carbocycles. The molecular formula is C47H31N3O. The van der Waals surface area contributed by atoms with Crippen molar-refractivity contribution in [2.75, 3.05) is 0 Å². The summed E-state index contributed by atoms with van der Waals surface area (Å²) < 4.78 is 8.60. The van der Waals surface area contributed by atoms with E-state index in [-0.39, 0.29) is 5.41 Å². The molecule has 3 heterocycles. The Balaban J connectivity index is 1.32. The molecule has 0 spiro atoms. The summed E-state index contributed by atoms with van der Waals surface area (Å²) in [6.45, 7) is 4.71. The van der Waals surface area contributed by atoms with E-state index in [1.807, 2.05) is 12.1 Å². The smallest absolute Gasteiger partial charge is 0.235 e. The van der Waals surface area contributed by atoms with E-state index in [4.69, 9.17) is 14.4 Å². The average molecular weight is 654 g/mol. The van der Waals surface area contributed by atoms with Gasteiger partial charge in [0.25, 0.3) is 0 Å². The Morgan fingerprint density at radius 1 is 0.529 bits per heavy atom. The van der Waals surface area contributed by atoms with Gasteiger partial charge in [-0.1, -0.05) is 129 Å². The molecule has 240 valence electrons. The van der Waals surface area contributed by atoms with Gasteiger partial charge in [-0.25, -0.2) is 9.97 Å². The first-order valence-corrected chi connectivity index (χ1v) is 17.5. The van der Waals surface area contributed by atoms with E-state index in [1.165, 1.54) is 38.6 Å². The van der Waals surface area contributed by atoms with Crippen LogP contribution in [0.15, 0.2) is 156 Å². The zero-order valence-electron chi connectivity index (χ0n) is 28.2. The first-order chi connectivity index (χ1) is 25.1. The van der Waals surface area contributed by atoms with Gasteiger partial charge < -0.3 is 4.42 Å². The molecule has 0 aliphatic heterocycles. The van der Waals surface area contributed by atoms with Gasteiger partial charge in [0.15, 0.2) is 0 Å². The van der Waals surface area contributed by atoms with Crippen LogP contribution in [0.5, 0.6) is 0 Å². The van der Waals surface area contributed by atoms with E-state index in [0.29, 0.717) is 5.95 Å². The molecule has 0 unspecified atom stereocenters. The highest BCUT2D eigenvalue weighted by molar-refractivity contribution is 6.21. The van der Waals surface area contributed by atoms with Crippen LogP contribution in [0.2, 0.25) is 0 Å². The van der Waals surface area contributed by atoms with Crippen molar-refractivity contribution >= 4 is 54.6 Å². The number of aromatic nitrogens is 3. The Labute approximate surface area is 294 Å². The molecule has 7 aromatic carbocycles. The Morgan fingerprint density at radius 2 is 1.24 bits per heavy atom. The lowest BCUT2D eigenvalue weighted by Gasteiger charge is -2.23. The van der Waals surface area contributed by atoms with Crippen LogP contribution in [0.25, 0.3) is 94.1 Å². The second kappa shape index (κ2) is 10.3. The molecule has 10 aromatic rings. The first-order valence-electron chi connectivity index (χ1n) is 17.5. The van der Waals surface area contributed by atoms with Gasteiger partial charge in [0.2, 0.25) is 5.95 Å². The van der Waals surface area contributed by atoms with Gasteiger partial charge in [-0.05, 0) is 64.2 Å². The molecule has 0 saturated carbocycles. The number of rotatable bonds is 3. The molecule has 0 bridgehead atoms. The minimum atomic E-state index is -0.220. The SMILES string of the molecule is CC1(C)c2ccccc2-c2c1cc(-c1ccc3oc4ccccc4c3c1)c1c3ccccc3n(-c3nc(-c4ccccc4)c4ccccc4n3)c21. The number of hydrogen-bond acceptors (Lipinski definition) is 3. The van der Waals surface area contributed by atoms with Gasteiger partial charge >= 0.3 is 0 Å². The van der Waals surface area contributed by atoms with E-state index in [1.54, 1.807) is 0 Å². The molecule has 1 aliphatic rings. The first kappa shape index (κ1) is 28.3. The molecule has 0 N–H and O–H groups in total. The minimum absolute atomic E-state index is 0.220. The molecule has 0 amide bonds. The normalized spacial score (nSPS) is 13.5. The van der Waals surface area contributed by atoms with Crippen molar-refractivity contribution < 1.29 is 4.42 Å². The Kier molecular flexibility index (Phi) is 5.70. The Morgan fingerprint density at radius 3 is 2.12 bits per heavy atom. The van der Waals surface area contributed by atoms with Gasteiger partial charge in [-0.3, -0.25) is 4.57 Å². The molecular weight excluding hydrogens is 623 g/mol. The quantitative estimate of drug-likeness (QED) is 0.191. The van der Waals surface area contributed by atoms with Crippen LogP contribution in [0.1, 0.15) is 25.0 Å². The molecule has 51 heavy (non-hydrogen) atoms. The van der Waals surface area contributed by atoms with Crippen LogP contribution in [-0.2, 0) is 5.41 Å². The van der Waals surface area contributed by atoms with Crippen molar-refractivity contribution in [3.63, 3.8) is 0 Å². The van der Waals surface area contributed by atoms with Gasteiger partial charge in [-0.2, -0.15) is 0 Å². The number of fused-ring (bicyclic) bond motifs is 11. The fourth-order valence-corrected chi connectivity index (χ4v) is 8.63. The predicted octanol–water partition coefficient (Wildman–Crippen LogP) is 12.3. The summed E-state index contributed by atoms with van der Waals surface area (Å²) in [7, 11) is 0. The highest BCUT2D eigenvalue weighted by atomic mass is 16.3. The van der Waals surface area contributed by atoms with Crippen LogP contribution in [-0.4, -0.2) is 14.5 Å². The third-order valence-electron chi connectivity index (χ3n) is 11.0. The number of hydrogen-bond donors (Lipinski definition) is 0. The minimum Gasteiger partial charge on any atom is -0.456 e. The summed E-state index contributed by atoms with van der Waals surface area (Å²) in [5.74, 6) is 0.663. The van der Waals surface area contributed by atoms with Crippen LogP contribution >= 0.6 is 0 Å². The van der Waals surface area contributed by atoms with Gasteiger partial charge in [0.05, 0.1) is 22.2 Å². The van der Waals surface area contributed by atoms with E-state index < -0.39 is 0 Å². The third kappa shape index (κ3) is 3.90. The van der Waals surface area contributed by atoms with Crippen LogP contribution < -0.4 is 0 Å². The summed E-state index contributed by atoms with van der Waals surface area (Å²) in [5.41, 5.74) is 14.2. The zero-order chi connectivity index (χ0) is 33.8. The lowest BCUT2D eigenvalue weighted by atomic mass is 9.81. The van der Waals surface area contributed by atoms with Crippen molar-refractivity contribution in [2.45, 2.75) is 19.3 Å². The molecule has 0 atom stereocenters. The maximum absolute atomic E-state index is 6.27. The maximum Gasteiger partial charge on any atom is 0.235 e. The second-order valence-electron chi connectivity index (χ2n) is 14.2. The molecule has 0 fully saturated rings. The monoisotopic (exact) mass is 653 g/mol. The zero-order valence-corrected chi connectivity index (χ0v) is 28.2. The van der Waals surface area contributed by atoms with Crippen molar-refractivity contribution in [1.29, 1.82) is 0 Å². The summed E-state index contributed by atoms with van der Waals surface area (Å²) >= 11 is 0. The second-order valence-corrected chi connectivity index (χ2v) is 14.2. The Hall–Kier alpha value is -6.52. The van der Waals surface area contributed by atoms with E-state index in [2.05, 4.69) is 158 Å². The number of nitrogens with zero attached hydrogens (tertiary/aromatic N) is 3. The standard InChI is InChI=1S/C47H31N3O/c1-47(2)36-20-10-6-17-31(36)43-37(47)27-34(29-24-25-41-35(26-29)30-16-9-13-23-40(30)51-41)42-33-19-8-12-22-39(33)50(45(42)43)46-48-38-21-11-7-18-32(38)44(49-46)28-14-4-3-5-15-28/h3-27H,1-2H3. The van der Waals surface area contributed by atoms with Crippen molar-refractivity contribution in [3.05, 3.63) is 163 Å². The van der Waals surface area contributed by atoms with Crippen LogP contribution in [0.4, 0.5) is 0 Å². The Bertz CT molecular complexity index is 3060. The van der Waals surface area contributed by atoms with Crippen molar-refractivity contribution in [3.8, 4) is 39.5 Å². The van der Waals surface area contributed by atoms with E-state index >= 15 is 0 Å². The lowest BCUT2D eigenvalue weighted by molar-refractivity contribution is 0.661. The highest BCUT2D eigenvalue weighted by Crippen LogP contribution is 2.55. The number of benzene rings is 7. The molecule has 4 heteroatoms. The van der Waals surface area contributed by atoms with Crippen LogP contribution in [0, 0.1) is 0 Å².